The lowest BCUT2D eigenvalue weighted by molar-refractivity contribution is 0.281. The number of piperidine rings is 1. The summed E-state index contributed by atoms with van der Waals surface area (Å²) in [5.41, 5.74) is 1.12. The van der Waals surface area contributed by atoms with Crippen LogP contribution >= 0.6 is 0 Å². The van der Waals surface area contributed by atoms with Gasteiger partial charge in [0, 0.05) is 56.0 Å². The Labute approximate surface area is 178 Å². The summed E-state index contributed by atoms with van der Waals surface area (Å²) in [4.78, 5) is 17.8. The molecule has 7 nitrogen and oxygen atoms in total. The molecular formula is C23H30N6O. The summed E-state index contributed by atoms with van der Waals surface area (Å²) in [6, 6.07) is 10.6. The van der Waals surface area contributed by atoms with Crippen molar-refractivity contribution in [2.24, 2.45) is 0 Å². The Balaban J connectivity index is 1.36. The van der Waals surface area contributed by atoms with Gasteiger partial charge in [0.1, 0.15) is 11.6 Å². The van der Waals surface area contributed by atoms with E-state index in [9.17, 15) is 0 Å². The highest BCUT2D eigenvalue weighted by Crippen LogP contribution is 2.30. The quantitative estimate of drug-likeness (QED) is 0.534. The summed E-state index contributed by atoms with van der Waals surface area (Å²) in [5, 5.41) is 0. The van der Waals surface area contributed by atoms with Gasteiger partial charge in [-0.3, -0.25) is 0 Å². The fourth-order valence-corrected chi connectivity index (χ4v) is 3.90. The molecule has 0 spiro atoms. The maximum atomic E-state index is 5.86. The third kappa shape index (κ3) is 4.97. The lowest BCUT2D eigenvalue weighted by Gasteiger charge is -2.33. The predicted molar refractivity (Wildman–Crippen MR) is 119 cm³/mol. The minimum atomic E-state index is 0.435. The number of rotatable bonds is 8. The molecular weight excluding hydrogens is 376 g/mol. The minimum Gasteiger partial charge on any atom is -0.494 e. The fourth-order valence-electron chi connectivity index (χ4n) is 3.90. The van der Waals surface area contributed by atoms with Crippen LogP contribution in [0.4, 0.5) is 5.95 Å². The second-order valence-corrected chi connectivity index (χ2v) is 7.95. The normalized spacial score (nSPS) is 15.0. The van der Waals surface area contributed by atoms with Crippen molar-refractivity contribution in [1.82, 2.24) is 24.4 Å². The van der Waals surface area contributed by atoms with Gasteiger partial charge in [-0.25, -0.2) is 15.0 Å². The Bertz CT molecular complexity index is 901. The predicted octanol–water partition coefficient (Wildman–Crippen LogP) is 3.51. The summed E-state index contributed by atoms with van der Waals surface area (Å²) in [5.74, 6) is 2.75. The van der Waals surface area contributed by atoms with Crippen molar-refractivity contribution in [3.05, 3.63) is 55.1 Å². The summed E-state index contributed by atoms with van der Waals surface area (Å²) in [6.07, 6.45) is 10.7. The van der Waals surface area contributed by atoms with Gasteiger partial charge in [0.15, 0.2) is 0 Å². The monoisotopic (exact) mass is 406 g/mol. The van der Waals surface area contributed by atoms with Gasteiger partial charge in [-0.2, -0.15) is 0 Å². The van der Waals surface area contributed by atoms with Crippen molar-refractivity contribution in [2.45, 2.75) is 25.3 Å². The minimum absolute atomic E-state index is 0.435. The Morgan fingerprint density at radius 2 is 1.73 bits per heavy atom. The standard InChI is InChI=1S/C23H30N6O/c1-27(2)14-4-18-30-21-7-5-19(6-8-21)22-24-13-17-29(22)20-9-15-28(16-10-20)23-25-11-3-12-26-23/h3,5-8,11-13,17,20H,4,9-10,14-16,18H2,1-2H3. The van der Waals surface area contributed by atoms with Crippen LogP contribution in [0.15, 0.2) is 55.1 Å². The van der Waals surface area contributed by atoms with Gasteiger partial charge in [-0.1, -0.05) is 0 Å². The van der Waals surface area contributed by atoms with Crippen LogP contribution in [0.2, 0.25) is 0 Å². The third-order valence-electron chi connectivity index (χ3n) is 5.49. The number of aromatic nitrogens is 4. The van der Waals surface area contributed by atoms with Crippen molar-refractivity contribution in [2.75, 3.05) is 45.2 Å². The molecule has 0 N–H and O–H groups in total. The highest BCUT2D eigenvalue weighted by molar-refractivity contribution is 5.57. The Hall–Kier alpha value is -2.93. The van der Waals surface area contributed by atoms with Crippen LogP contribution < -0.4 is 9.64 Å². The van der Waals surface area contributed by atoms with Gasteiger partial charge < -0.3 is 19.1 Å². The summed E-state index contributed by atoms with van der Waals surface area (Å²) in [7, 11) is 4.16. The molecule has 0 saturated carbocycles. The molecule has 1 aliphatic rings. The van der Waals surface area contributed by atoms with Crippen molar-refractivity contribution in [3.63, 3.8) is 0 Å². The van der Waals surface area contributed by atoms with Gasteiger partial charge in [0.2, 0.25) is 5.95 Å². The van der Waals surface area contributed by atoms with Crippen molar-refractivity contribution in [1.29, 1.82) is 0 Å². The van der Waals surface area contributed by atoms with E-state index in [4.69, 9.17) is 4.74 Å². The molecule has 0 unspecified atom stereocenters. The van der Waals surface area contributed by atoms with Gasteiger partial charge >= 0.3 is 0 Å². The molecule has 4 rings (SSSR count). The Morgan fingerprint density at radius 1 is 1.00 bits per heavy atom. The number of hydrogen-bond acceptors (Lipinski definition) is 6. The maximum Gasteiger partial charge on any atom is 0.225 e. The molecule has 0 atom stereocenters. The van der Waals surface area contributed by atoms with Gasteiger partial charge in [0.05, 0.1) is 6.61 Å². The number of hydrogen-bond donors (Lipinski definition) is 0. The van der Waals surface area contributed by atoms with Crippen LogP contribution in [0.5, 0.6) is 5.75 Å². The first kappa shape index (κ1) is 20.3. The topological polar surface area (TPSA) is 59.3 Å². The van der Waals surface area contributed by atoms with Gasteiger partial charge in [0.25, 0.3) is 0 Å². The zero-order chi connectivity index (χ0) is 20.8. The Kier molecular flexibility index (Phi) is 6.59. The first-order valence-electron chi connectivity index (χ1n) is 10.6. The second kappa shape index (κ2) is 9.71. The molecule has 0 bridgehead atoms. The van der Waals surface area contributed by atoms with E-state index in [-0.39, 0.29) is 0 Å². The molecule has 1 aromatic carbocycles. The molecule has 1 aliphatic heterocycles. The highest BCUT2D eigenvalue weighted by atomic mass is 16.5. The molecule has 7 heteroatoms. The third-order valence-corrected chi connectivity index (χ3v) is 5.49. The van der Waals surface area contributed by atoms with Crippen LogP contribution in [0.25, 0.3) is 11.4 Å². The lowest BCUT2D eigenvalue weighted by Crippen LogP contribution is -2.35. The van der Waals surface area contributed by atoms with E-state index in [0.717, 1.165) is 68.6 Å². The number of nitrogens with zero attached hydrogens (tertiary/aromatic N) is 6. The molecule has 30 heavy (non-hydrogen) atoms. The van der Waals surface area contributed by atoms with Gasteiger partial charge in [-0.05, 0) is 63.7 Å². The maximum absolute atomic E-state index is 5.86. The van der Waals surface area contributed by atoms with Crippen LogP contribution in [0.1, 0.15) is 25.3 Å². The van der Waals surface area contributed by atoms with E-state index in [2.05, 4.69) is 61.7 Å². The average Bonchev–Trinajstić information content (AvgIpc) is 3.28. The molecule has 3 aromatic rings. The first-order valence-corrected chi connectivity index (χ1v) is 10.6. The van der Waals surface area contributed by atoms with Crippen molar-refractivity contribution >= 4 is 5.95 Å². The summed E-state index contributed by atoms with van der Waals surface area (Å²) < 4.78 is 8.17. The SMILES string of the molecule is CN(C)CCCOc1ccc(-c2nccn2C2CCN(c3ncccn3)CC2)cc1. The molecule has 2 aromatic heterocycles. The van der Waals surface area contributed by atoms with E-state index in [1.807, 2.05) is 24.4 Å². The van der Waals surface area contributed by atoms with Gasteiger partial charge in [-0.15, -0.1) is 0 Å². The molecule has 3 heterocycles. The van der Waals surface area contributed by atoms with E-state index in [0.29, 0.717) is 6.04 Å². The molecule has 158 valence electrons. The number of ether oxygens (including phenoxy) is 1. The zero-order valence-corrected chi connectivity index (χ0v) is 17.8. The molecule has 0 aliphatic carbocycles. The molecule has 1 fully saturated rings. The molecule has 0 radical (unpaired) electrons. The average molecular weight is 407 g/mol. The number of anilines is 1. The van der Waals surface area contributed by atoms with Crippen LogP contribution in [-0.4, -0.2) is 64.8 Å². The van der Waals surface area contributed by atoms with Crippen LogP contribution in [-0.2, 0) is 0 Å². The van der Waals surface area contributed by atoms with E-state index in [1.54, 1.807) is 12.4 Å². The molecule has 0 amide bonds. The number of benzene rings is 1. The van der Waals surface area contributed by atoms with Crippen molar-refractivity contribution < 1.29 is 4.74 Å². The summed E-state index contributed by atoms with van der Waals surface area (Å²) >= 11 is 0. The fraction of sp³-hybridized carbons (Fsp3) is 0.435. The second-order valence-electron chi connectivity index (χ2n) is 7.95. The first-order chi connectivity index (χ1) is 14.7. The highest BCUT2D eigenvalue weighted by Gasteiger charge is 2.23. The van der Waals surface area contributed by atoms with Crippen LogP contribution in [0, 0.1) is 0 Å². The van der Waals surface area contributed by atoms with E-state index < -0.39 is 0 Å². The van der Waals surface area contributed by atoms with Crippen LogP contribution in [0.3, 0.4) is 0 Å². The summed E-state index contributed by atoms with van der Waals surface area (Å²) in [6.45, 7) is 3.67. The van der Waals surface area contributed by atoms with Crippen molar-refractivity contribution in [3.8, 4) is 17.1 Å². The Morgan fingerprint density at radius 3 is 2.43 bits per heavy atom. The zero-order valence-electron chi connectivity index (χ0n) is 17.8. The van der Waals surface area contributed by atoms with E-state index in [1.165, 1.54) is 0 Å². The lowest BCUT2D eigenvalue weighted by atomic mass is 10.0. The number of imidazole rings is 1. The van der Waals surface area contributed by atoms with E-state index >= 15 is 0 Å². The largest absolute Gasteiger partial charge is 0.494 e. The molecule has 1 saturated heterocycles. The smallest absolute Gasteiger partial charge is 0.225 e.